The molecular formula is C24H20FNO6. The van der Waals surface area contributed by atoms with Gasteiger partial charge in [-0.2, -0.15) is 0 Å². The first-order valence-electron chi connectivity index (χ1n) is 9.65. The van der Waals surface area contributed by atoms with E-state index in [2.05, 4.69) is 5.32 Å². The third-order valence-corrected chi connectivity index (χ3v) is 4.90. The van der Waals surface area contributed by atoms with Crippen LogP contribution in [0, 0.1) is 5.82 Å². The first-order chi connectivity index (χ1) is 15.3. The maximum atomic E-state index is 13.7. The molecule has 1 amide bonds. The van der Waals surface area contributed by atoms with E-state index in [1.54, 1.807) is 30.3 Å². The van der Waals surface area contributed by atoms with E-state index in [0.29, 0.717) is 5.56 Å². The number of aliphatic carboxylic acids is 1. The molecule has 0 radical (unpaired) electrons. The molecule has 0 bridgehead atoms. The third-order valence-electron chi connectivity index (χ3n) is 4.90. The van der Waals surface area contributed by atoms with Crippen molar-refractivity contribution in [3.63, 3.8) is 0 Å². The lowest BCUT2D eigenvalue weighted by Gasteiger charge is -2.22. The molecule has 0 fully saturated rings. The molecule has 4 N–H and O–H groups in total. The molecule has 0 aliphatic rings. The van der Waals surface area contributed by atoms with Crippen molar-refractivity contribution < 1.29 is 34.1 Å². The summed E-state index contributed by atoms with van der Waals surface area (Å²) in [7, 11) is 0. The maximum Gasteiger partial charge on any atom is 0.336 e. The zero-order valence-corrected chi connectivity index (χ0v) is 16.7. The minimum atomic E-state index is -1.84. The summed E-state index contributed by atoms with van der Waals surface area (Å²) < 4.78 is 13.7. The van der Waals surface area contributed by atoms with Gasteiger partial charge in [-0.1, -0.05) is 42.5 Å². The molecule has 0 spiro atoms. The second kappa shape index (κ2) is 9.84. The molecule has 7 nitrogen and oxygen atoms in total. The summed E-state index contributed by atoms with van der Waals surface area (Å²) in [6.45, 7) is 0. The summed E-state index contributed by atoms with van der Waals surface area (Å²) in [5.74, 6) is -4.03. The molecule has 3 rings (SSSR count). The van der Waals surface area contributed by atoms with E-state index in [0.717, 1.165) is 23.8 Å². The Hall–Kier alpha value is -4.04. The standard InChI is InChI=1S/C24H20FNO6/c25-17-9-10-18(23(29)30)19(13-17)15-7-4-8-16(12-15)22(28)26-20(21(27)24(31)32)11-14-5-2-1-3-6-14/h1-10,12-13,20-21,27H,11H2,(H,26,28)(H,29,30)(H,31,32)/t20-,21-/m1/s1. The minimum Gasteiger partial charge on any atom is -0.479 e. The summed E-state index contributed by atoms with van der Waals surface area (Å²) in [6.07, 6.45) is -1.77. The highest BCUT2D eigenvalue weighted by atomic mass is 19.1. The molecule has 32 heavy (non-hydrogen) atoms. The van der Waals surface area contributed by atoms with Crippen LogP contribution in [0.3, 0.4) is 0 Å². The van der Waals surface area contributed by atoms with Gasteiger partial charge in [-0.3, -0.25) is 4.79 Å². The van der Waals surface area contributed by atoms with Gasteiger partial charge in [0.25, 0.3) is 5.91 Å². The zero-order chi connectivity index (χ0) is 23.3. The van der Waals surface area contributed by atoms with Crippen LogP contribution in [0.25, 0.3) is 11.1 Å². The van der Waals surface area contributed by atoms with E-state index >= 15 is 0 Å². The Morgan fingerprint density at radius 3 is 2.28 bits per heavy atom. The number of carboxylic acid groups (broad SMARTS) is 2. The van der Waals surface area contributed by atoms with Gasteiger partial charge in [0, 0.05) is 5.56 Å². The summed E-state index contributed by atoms with van der Waals surface area (Å²) in [4.78, 5) is 35.7. The minimum absolute atomic E-state index is 0.0762. The van der Waals surface area contributed by atoms with E-state index in [1.165, 1.54) is 24.3 Å². The molecule has 0 unspecified atom stereocenters. The van der Waals surface area contributed by atoms with Crippen molar-refractivity contribution in [2.75, 3.05) is 0 Å². The van der Waals surface area contributed by atoms with Crippen molar-refractivity contribution in [1.82, 2.24) is 5.32 Å². The highest BCUT2D eigenvalue weighted by Crippen LogP contribution is 2.26. The largest absolute Gasteiger partial charge is 0.479 e. The number of halogens is 1. The monoisotopic (exact) mass is 437 g/mol. The molecule has 0 heterocycles. The van der Waals surface area contributed by atoms with Crippen LogP contribution in [0.4, 0.5) is 4.39 Å². The molecular weight excluding hydrogens is 417 g/mol. The zero-order valence-electron chi connectivity index (χ0n) is 16.7. The molecule has 0 aliphatic carbocycles. The van der Waals surface area contributed by atoms with Crippen LogP contribution in [0.5, 0.6) is 0 Å². The van der Waals surface area contributed by atoms with Crippen LogP contribution < -0.4 is 5.32 Å². The summed E-state index contributed by atoms with van der Waals surface area (Å²) >= 11 is 0. The molecule has 164 valence electrons. The van der Waals surface area contributed by atoms with Gasteiger partial charge in [0.15, 0.2) is 6.10 Å². The normalized spacial score (nSPS) is 12.6. The van der Waals surface area contributed by atoms with Crippen LogP contribution in [-0.4, -0.2) is 45.3 Å². The average Bonchev–Trinajstić information content (AvgIpc) is 2.78. The Balaban J connectivity index is 1.89. The maximum absolute atomic E-state index is 13.7. The van der Waals surface area contributed by atoms with Crippen LogP contribution in [0.2, 0.25) is 0 Å². The number of rotatable bonds is 8. The number of hydrogen-bond donors (Lipinski definition) is 4. The highest BCUT2D eigenvalue weighted by molar-refractivity contribution is 5.99. The van der Waals surface area contributed by atoms with Crippen molar-refractivity contribution in [2.24, 2.45) is 0 Å². The van der Waals surface area contributed by atoms with Gasteiger partial charge >= 0.3 is 11.9 Å². The van der Waals surface area contributed by atoms with Crippen molar-refractivity contribution in [3.05, 3.63) is 95.3 Å². The van der Waals surface area contributed by atoms with Gasteiger partial charge in [-0.15, -0.1) is 0 Å². The molecule has 0 aromatic heterocycles. The number of aliphatic hydroxyl groups is 1. The van der Waals surface area contributed by atoms with Gasteiger partial charge in [-0.05, 0) is 53.4 Å². The second-order valence-corrected chi connectivity index (χ2v) is 7.13. The second-order valence-electron chi connectivity index (χ2n) is 7.13. The number of carbonyl (C=O) groups is 3. The van der Waals surface area contributed by atoms with E-state index in [1.807, 2.05) is 0 Å². The van der Waals surface area contributed by atoms with Crippen LogP contribution in [0.1, 0.15) is 26.3 Å². The van der Waals surface area contributed by atoms with Crippen molar-refractivity contribution >= 4 is 17.8 Å². The summed E-state index contributed by atoms with van der Waals surface area (Å²) in [6, 6.07) is 16.8. The fourth-order valence-electron chi connectivity index (χ4n) is 3.30. The van der Waals surface area contributed by atoms with Gasteiger partial charge in [0.2, 0.25) is 0 Å². The number of carbonyl (C=O) groups excluding carboxylic acids is 1. The summed E-state index contributed by atoms with van der Waals surface area (Å²) in [5, 5.41) is 31.2. The van der Waals surface area contributed by atoms with Crippen LogP contribution in [0.15, 0.2) is 72.8 Å². The lowest BCUT2D eigenvalue weighted by molar-refractivity contribution is -0.148. The Morgan fingerprint density at radius 2 is 1.62 bits per heavy atom. The van der Waals surface area contributed by atoms with E-state index in [-0.39, 0.29) is 23.1 Å². The predicted molar refractivity (Wildman–Crippen MR) is 114 cm³/mol. The van der Waals surface area contributed by atoms with Crippen molar-refractivity contribution in [1.29, 1.82) is 0 Å². The number of carboxylic acids is 2. The van der Waals surface area contributed by atoms with Gasteiger partial charge in [0.05, 0.1) is 11.6 Å². The number of aliphatic hydroxyl groups excluding tert-OH is 1. The van der Waals surface area contributed by atoms with Crippen LogP contribution >= 0.6 is 0 Å². The lowest BCUT2D eigenvalue weighted by Crippen LogP contribution is -2.48. The Kier molecular flexibility index (Phi) is 6.97. The smallest absolute Gasteiger partial charge is 0.336 e. The Bertz CT molecular complexity index is 1150. The van der Waals surface area contributed by atoms with Gasteiger partial charge in [-0.25, -0.2) is 14.0 Å². The number of aromatic carboxylic acids is 1. The third kappa shape index (κ3) is 5.35. The van der Waals surface area contributed by atoms with Gasteiger partial charge < -0.3 is 20.6 Å². The molecule has 3 aromatic carbocycles. The fourth-order valence-corrected chi connectivity index (χ4v) is 3.30. The topological polar surface area (TPSA) is 124 Å². The predicted octanol–water partition coefficient (Wildman–Crippen LogP) is 2.98. The van der Waals surface area contributed by atoms with Crippen molar-refractivity contribution in [2.45, 2.75) is 18.6 Å². The molecule has 0 saturated heterocycles. The summed E-state index contributed by atoms with van der Waals surface area (Å²) in [5.41, 5.74) is 1.08. The molecule has 8 heteroatoms. The molecule has 2 atom stereocenters. The van der Waals surface area contributed by atoms with E-state index in [9.17, 15) is 34.1 Å². The number of benzene rings is 3. The van der Waals surface area contributed by atoms with Crippen LogP contribution in [-0.2, 0) is 11.2 Å². The lowest BCUT2D eigenvalue weighted by atomic mass is 9.97. The van der Waals surface area contributed by atoms with E-state index in [4.69, 9.17) is 0 Å². The Labute approximate surface area is 182 Å². The molecule has 3 aromatic rings. The molecule has 0 saturated carbocycles. The number of hydrogen-bond acceptors (Lipinski definition) is 4. The number of nitrogens with one attached hydrogen (secondary N) is 1. The quantitative estimate of drug-likeness (QED) is 0.430. The molecule has 0 aliphatic heterocycles. The van der Waals surface area contributed by atoms with Crippen molar-refractivity contribution in [3.8, 4) is 11.1 Å². The highest BCUT2D eigenvalue weighted by Gasteiger charge is 2.28. The number of amides is 1. The first-order valence-corrected chi connectivity index (χ1v) is 9.65. The fraction of sp³-hybridized carbons (Fsp3) is 0.125. The average molecular weight is 437 g/mol. The van der Waals surface area contributed by atoms with Gasteiger partial charge in [0.1, 0.15) is 5.82 Å². The first kappa shape index (κ1) is 22.6. The Morgan fingerprint density at radius 1 is 0.906 bits per heavy atom. The van der Waals surface area contributed by atoms with E-state index < -0.39 is 35.8 Å². The SMILES string of the molecule is O=C(N[C@H](Cc1ccccc1)[C@@H](O)C(=O)O)c1cccc(-c2cc(F)ccc2C(=O)O)c1.